The summed E-state index contributed by atoms with van der Waals surface area (Å²) < 4.78 is 5.38. The summed E-state index contributed by atoms with van der Waals surface area (Å²) in [5, 5.41) is 3.35. The average Bonchev–Trinajstić information content (AvgIpc) is 2.47. The summed E-state index contributed by atoms with van der Waals surface area (Å²) in [5.41, 5.74) is 1.00. The Kier molecular flexibility index (Phi) is 4.97. The van der Waals surface area contributed by atoms with E-state index in [1.165, 1.54) is 19.3 Å². The zero-order valence-corrected chi connectivity index (χ0v) is 11.7. The quantitative estimate of drug-likeness (QED) is 0.828. The number of hydrogen-bond acceptors (Lipinski definition) is 3. The first-order chi connectivity index (χ1) is 9.24. The number of carbonyl (C=O) groups excluding carboxylic acids is 1. The highest BCUT2D eigenvalue weighted by Crippen LogP contribution is 2.31. The maximum Gasteiger partial charge on any atom is 0.307 e. The molecule has 3 nitrogen and oxygen atoms in total. The van der Waals surface area contributed by atoms with Crippen LogP contribution in [0.3, 0.4) is 0 Å². The van der Waals surface area contributed by atoms with Crippen molar-refractivity contribution in [3.63, 3.8) is 0 Å². The normalized spacial score (nSPS) is 17.9. The molecule has 0 saturated heterocycles. The molecule has 1 aliphatic rings. The van der Waals surface area contributed by atoms with Crippen LogP contribution in [0.25, 0.3) is 0 Å². The van der Waals surface area contributed by atoms with E-state index in [1.807, 2.05) is 37.4 Å². The molecule has 0 heterocycles. The van der Waals surface area contributed by atoms with Crippen molar-refractivity contribution in [2.45, 2.75) is 50.7 Å². The molecule has 0 spiro atoms. The minimum absolute atomic E-state index is 0.0357. The molecule has 0 unspecified atom stereocenters. The Labute approximate surface area is 115 Å². The molecule has 0 atom stereocenters. The van der Waals surface area contributed by atoms with Gasteiger partial charge in [-0.05, 0) is 25.5 Å². The Morgan fingerprint density at radius 1 is 1.21 bits per heavy atom. The standard InChI is InChI=1S/C16H23NO2/c1-17-16(10-6-3-7-11-16)12-15(18)19-13-14-8-4-2-5-9-14/h2,4-5,8-9,17H,3,6-7,10-13H2,1H3. The molecule has 19 heavy (non-hydrogen) atoms. The molecular weight excluding hydrogens is 238 g/mol. The third kappa shape index (κ3) is 4.06. The van der Waals surface area contributed by atoms with E-state index in [0.717, 1.165) is 18.4 Å². The predicted molar refractivity (Wildman–Crippen MR) is 75.7 cm³/mol. The molecule has 0 aliphatic heterocycles. The minimum Gasteiger partial charge on any atom is -0.461 e. The molecule has 1 aromatic carbocycles. The number of carbonyl (C=O) groups is 1. The number of esters is 1. The molecule has 0 bridgehead atoms. The molecule has 1 aromatic rings. The maximum absolute atomic E-state index is 12.0. The smallest absolute Gasteiger partial charge is 0.307 e. The van der Waals surface area contributed by atoms with Crippen LogP contribution in [0, 0.1) is 0 Å². The van der Waals surface area contributed by atoms with E-state index in [2.05, 4.69) is 5.32 Å². The van der Waals surface area contributed by atoms with Crippen molar-refractivity contribution in [2.75, 3.05) is 7.05 Å². The summed E-state index contributed by atoms with van der Waals surface area (Å²) in [6.45, 7) is 0.374. The van der Waals surface area contributed by atoms with Crippen molar-refractivity contribution in [1.82, 2.24) is 5.32 Å². The van der Waals surface area contributed by atoms with Gasteiger partial charge in [0.2, 0.25) is 0 Å². The molecular formula is C16H23NO2. The minimum atomic E-state index is -0.0971. The van der Waals surface area contributed by atoms with E-state index in [0.29, 0.717) is 13.0 Å². The van der Waals surface area contributed by atoms with Gasteiger partial charge in [0.25, 0.3) is 0 Å². The fraction of sp³-hybridized carbons (Fsp3) is 0.562. The van der Waals surface area contributed by atoms with Gasteiger partial charge in [-0.15, -0.1) is 0 Å². The van der Waals surface area contributed by atoms with Crippen LogP contribution in [-0.2, 0) is 16.1 Å². The second-order valence-electron chi connectivity index (χ2n) is 5.41. The van der Waals surface area contributed by atoms with Gasteiger partial charge in [-0.2, -0.15) is 0 Å². The molecule has 1 saturated carbocycles. The molecule has 104 valence electrons. The lowest BCUT2D eigenvalue weighted by atomic mass is 9.79. The van der Waals surface area contributed by atoms with Crippen LogP contribution < -0.4 is 5.32 Å². The van der Waals surface area contributed by atoms with Crippen LogP contribution in [0.2, 0.25) is 0 Å². The van der Waals surface area contributed by atoms with Gasteiger partial charge in [0, 0.05) is 5.54 Å². The topological polar surface area (TPSA) is 38.3 Å². The third-order valence-corrected chi connectivity index (χ3v) is 4.07. The fourth-order valence-corrected chi connectivity index (χ4v) is 2.81. The van der Waals surface area contributed by atoms with Gasteiger partial charge >= 0.3 is 5.97 Å². The van der Waals surface area contributed by atoms with Crippen molar-refractivity contribution in [3.05, 3.63) is 35.9 Å². The van der Waals surface area contributed by atoms with Gasteiger partial charge in [0.05, 0.1) is 6.42 Å². The molecule has 2 rings (SSSR count). The van der Waals surface area contributed by atoms with Crippen molar-refractivity contribution in [2.24, 2.45) is 0 Å². The van der Waals surface area contributed by atoms with Crippen LogP contribution in [-0.4, -0.2) is 18.6 Å². The highest BCUT2D eigenvalue weighted by molar-refractivity contribution is 5.71. The lowest BCUT2D eigenvalue weighted by Crippen LogP contribution is -2.46. The van der Waals surface area contributed by atoms with Gasteiger partial charge in [-0.3, -0.25) is 4.79 Å². The van der Waals surface area contributed by atoms with Gasteiger partial charge in [0.1, 0.15) is 6.61 Å². The lowest BCUT2D eigenvalue weighted by Gasteiger charge is -2.36. The predicted octanol–water partition coefficient (Wildman–Crippen LogP) is 3.04. The Bertz CT molecular complexity index is 396. The van der Waals surface area contributed by atoms with Crippen LogP contribution in [0.15, 0.2) is 30.3 Å². The second-order valence-corrected chi connectivity index (χ2v) is 5.41. The van der Waals surface area contributed by atoms with E-state index >= 15 is 0 Å². The first kappa shape index (κ1) is 14.1. The largest absolute Gasteiger partial charge is 0.461 e. The molecule has 1 N–H and O–H groups in total. The summed E-state index contributed by atoms with van der Waals surface area (Å²) >= 11 is 0. The number of rotatable bonds is 5. The van der Waals surface area contributed by atoms with Crippen LogP contribution in [0.1, 0.15) is 44.1 Å². The second kappa shape index (κ2) is 6.71. The Hall–Kier alpha value is -1.35. The first-order valence-corrected chi connectivity index (χ1v) is 7.13. The molecule has 0 aromatic heterocycles. The van der Waals surface area contributed by atoms with Crippen LogP contribution >= 0.6 is 0 Å². The third-order valence-electron chi connectivity index (χ3n) is 4.07. The van der Waals surface area contributed by atoms with Gasteiger partial charge < -0.3 is 10.1 Å². The first-order valence-electron chi connectivity index (χ1n) is 7.13. The highest BCUT2D eigenvalue weighted by Gasteiger charge is 2.33. The molecule has 0 radical (unpaired) electrons. The number of ether oxygens (including phenoxy) is 1. The van der Waals surface area contributed by atoms with E-state index < -0.39 is 0 Å². The summed E-state index contributed by atoms with van der Waals surface area (Å²) in [4.78, 5) is 12.0. The summed E-state index contributed by atoms with van der Waals surface area (Å²) in [5.74, 6) is -0.0971. The lowest BCUT2D eigenvalue weighted by molar-refractivity contribution is -0.147. The Balaban J connectivity index is 1.83. The van der Waals surface area contributed by atoms with E-state index in [4.69, 9.17) is 4.74 Å². The van der Waals surface area contributed by atoms with Crippen molar-refractivity contribution in [3.8, 4) is 0 Å². The SMILES string of the molecule is CNC1(CC(=O)OCc2ccccc2)CCCCC1. The van der Waals surface area contributed by atoms with E-state index in [-0.39, 0.29) is 11.5 Å². The maximum atomic E-state index is 12.0. The van der Waals surface area contributed by atoms with E-state index in [1.54, 1.807) is 0 Å². The van der Waals surface area contributed by atoms with Crippen molar-refractivity contribution >= 4 is 5.97 Å². The molecule has 3 heteroatoms. The van der Waals surface area contributed by atoms with Crippen molar-refractivity contribution < 1.29 is 9.53 Å². The van der Waals surface area contributed by atoms with Crippen LogP contribution in [0.4, 0.5) is 0 Å². The van der Waals surface area contributed by atoms with Crippen molar-refractivity contribution in [1.29, 1.82) is 0 Å². The average molecular weight is 261 g/mol. The summed E-state index contributed by atoms with van der Waals surface area (Å²) in [6, 6.07) is 9.82. The Morgan fingerprint density at radius 3 is 2.53 bits per heavy atom. The monoisotopic (exact) mass is 261 g/mol. The number of benzene rings is 1. The van der Waals surface area contributed by atoms with Gasteiger partial charge in [-0.1, -0.05) is 49.6 Å². The van der Waals surface area contributed by atoms with Gasteiger partial charge in [-0.25, -0.2) is 0 Å². The zero-order valence-electron chi connectivity index (χ0n) is 11.7. The number of nitrogens with one attached hydrogen (secondary N) is 1. The molecule has 0 amide bonds. The summed E-state index contributed by atoms with van der Waals surface area (Å²) in [7, 11) is 1.95. The highest BCUT2D eigenvalue weighted by atomic mass is 16.5. The molecule has 1 aliphatic carbocycles. The fourth-order valence-electron chi connectivity index (χ4n) is 2.81. The van der Waals surface area contributed by atoms with Gasteiger partial charge in [0.15, 0.2) is 0 Å². The number of hydrogen-bond donors (Lipinski definition) is 1. The molecule has 1 fully saturated rings. The Morgan fingerprint density at radius 2 is 1.89 bits per heavy atom. The van der Waals surface area contributed by atoms with E-state index in [9.17, 15) is 4.79 Å². The zero-order chi connectivity index (χ0) is 13.6. The summed E-state index contributed by atoms with van der Waals surface area (Å²) in [6.07, 6.45) is 6.31. The van der Waals surface area contributed by atoms with Crippen LogP contribution in [0.5, 0.6) is 0 Å².